The van der Waals surface area contributed by atoms with Crippen molar-refractivity contribution in [3.05, 3.63) is 83.2 Å². The highest BCUT2D eigenvalue weighted by Crippen LogP contribution is 2.36. The summed E-state index contributed by atoms with van der Waals surface area (Å²) in [4.78, 5) is 37.9. The minimum absolute atomic E-state index is 0.0590. The first kappa shape index (κ1) is 29.8. The third-order valence-electron chi connectivity index (χ3n) is 6.92. The Hall–Kier alpha value is -4.16. The van der Waals surface area contributed by atoms with E-state index in [9.17, 15) is 40.7 Å². The number of nitrogens with one attached hydrogen (secondary N) is 2. The highest BCUT2D eigenvalue weighted by molar-refractivity contribution is 5.99. The number of nitrogens with zero attached hydrogens (tertiary/aromatic N) is 2. The number of rotatable bonds is 8. The molecule has 2 N–H and O–H groups in total. The fourth-order valence-electron chi connectivity index (χ4n) is 4.85. The van der Waals surface area contributed by atoms with Crippen LogP contribution in [0.1, 0.15) is 57.7 Å². The minimum Gasteiger partial charge on any atom is -0.354 e. The van der Waals surface area contributed by atoms with Crippen LogP contribution in [0.5, 0.6) is 0 Å². The molecule has 1 heterocycles. The predicted octanol–water partition coefficient (Wildman–Crippen LogP) is 5.45. The molecule has 2 amide bonds. The Balaban J connectivity index is 1.27. The minimum atomic E-state index is -4.87. The summed E-state index contributed by atoms with van der Waals surface area (Å²) >= 11 is 0. The first-order chi connectivity index (χ1) is 19.4. The van der Waals surface area contributed by atoms with Crippen molar-refractivity contribution in [2.75, 3.05) is 13.1 Å². The Kier molecular flexibility index (Phi) is 8.83. The van der Waals surface area contributed by atoms with Gasteiger partial charge in [0.05, 0.1) is 16.8 Å². The van der Waals surface area contributed by atoms with E-state index in [1.165, 1.54) is 24.3 Å². The maximum atomic E-state index is 13.5. The lowest BCUT2D eigenvalue weighted by atomic mass is 9.77. The van der Waals surface area contributed by atoms with E-state index < -0.39 is 52.7 Å². The van der Waals surface area contributed by atoms with Gasteiger partial charge in [0.1, 0.15) is 0 Å². The summed E-state index contributed by atoms with van der Waals surface area (Å²) < 4.78 is 81.3. The van der Waals surface area contributed by atoms with Crippen LogP contribution in [0.3, 0.4) is 0 Å². The quantitative estimate of drug-likeness (QED) is 0.211. The topological polar surface area (TPSA) is 93.1 Å². The third-order valence-corrected chi connectivity index (χ3v) is 6.92. The summed E-state index contributed by atoms with van der Waals surface area (Å²) in [5.41, 5.74) is -3.03. The fourth-order valence-corrected chi connectivity index (χ4v) is 4.85. The van der Waals surface area contributed by atoms with E-state index in [0.717, 1.165) is 23.0 Å². The van der Waals surface area contributed by atoms with Crippen LogP contribution in [0.25, 0.3) is 5.69 Å². The number of hydrogen-bond acceptors (Lipinski definition) is 4. The van der Waals surface area contributed by atoms with E-state index in [2.05, 4.69) is 15.7 Å². The molecule has 7 nitrogen and oxygen atoms in total. The molecule has 13 heteroatoms. The van der Waals surface area contributed by atoms with Crippen molar-refractivity contribution >= 4 is 17.6 Å². The summed E-state index contributed by atoms with van der Waals surface area (Å²) in [7, 11) is 0. The van der Waals surface area contributed by atoms with Gasteiger partial charge in [-0.05, 0) is 43.9 Å². The van der Waals surface area contributed by atoms with Gasteiger partial charge in [-0.3, -0.25) is 14.4 Å². The van der Waals surface area contributed by atoms with Crippen molar-refractivity contribution in [2.45, 2.75) is 38.0 Å². The zero-order chi connectivity index (χ0) is 29.8. The Labute approximate surface area is 230 Å². The van der Waals surface area contributed by atoms with Crippen molar-refractivity contribution in [1.82, 2.24) is 20.4 Å². The standard InChI is InChI=1S/C28H26F6N4O3/c29-27(30,31)22-9-5-4-8-20(22)23(39)17-10-12-18(13-11-17)25(40)35-14-15-36-26(41)21-16-38(19-6-2-1-3-7-19)37-24(21)28(32,33)34/h1-9,16-18H,10-15H2,(H,35,40)(H,36,41)/t17-,18-. The number of halogens is 6. The molecule has 3 aromatic rings. The monoisotopic (exact) mass is 580 g/mol. The molecule has 41 heavy (non-hydrogen) atoms. The molecule has 0 atom stereocenters. The lowest BCUT2D eigenvalue weighted by Crippen LogP contribution is -2.39. The van der Waals surface area contributed by atoms with Crippen LogP contribution >= 0.6 is 0 Å². The van der Waals surface area contributed by atoms with Gasteiger partial charge in [0, 0.05) is 36.7 Å². The molecule has 1 aliphatic carbocycles. The van der Waals surface area contributed by atoms with Crippen molar-refractivity contribution in [1.29, 1.82) is 0 Å². The lowest BCUT2D eigenvalue weighted by molar-refractivity contribution is -0.141. The highest BCUT2D eigenvalue weighted by atomic mass is 19.4. The number of Topliss-reactive ketones (excluding diaryl/α,β-unsaturated/α-hetero) is 1. The van der Waals surface area contributed by atoms with E-state index >= 15 is 0 Å². The number of hydrogen-bond donors (Lipinski definition) is 2. The molecule has 0 unspecified atom stereocenters. The van der Waals surface area contributed by atoms with Crippen molar-refractivity contribution in [2.24, 2.45) is 11.8 Å². The van der Waals surface area contributed by atoms with E-state index in [1.54, 1.807) is 18.2 Å². The summed E-state index contributed by atoms with van der Waals surface area (Å²) in [6.07, 6.45) is -7.48. The predicted molar refractivity (Wildman–Crippen MR) is 135 cm³/mol. The normalized spacial score (nSPS) is 17.6. The molecular weight excluding hydrogens is 554 g/mol. The molecule has 1 fully saturated rings. The largest absolute Gasteiger partial charge is 0.435 e. The molecule has 0 aliphatic heterocycles. The molecule has 2 aromatic carbocycles. The van der Waals surface area contributed by atoms with E-state index in [4.69, 9.17) is 0 Å². The third kappa shape index (κ3) is 7.14. The van der Waals surface area contributed by atoms with Gasteiger partial charge < -0.3 is 10.6 Å². The number of aromatic nitrogens is 2. The van der Waals surface area contributed by atoms with Crippen molar-refractivity contribution < 1.29 is 40.7 Å². The number of carbonyl (C=O) groups is 3. The Bertz CT molecular complexity index is 1390. The van der Waals surface area contributed by atoms with Crippen molar-refractivity contribution in [3.8, 4) is 5.69 Å². The number of amides is 2. The van der Waals surface area contributed by atoms with Crippen LogP contribution in [0.15, 0.2) is 60.8 Å². The average molecular weight is 581 g/mol. The molecule has 1 aromatic heterocycles. The molecule has 0 spiro atoms. The second kappa shape index (κ2) is 12.1. The number of alkyl halides is 6. The van der Waals surface area contributed by atoms with Crippen LogP contribution in [0, 0.1) is 11.8 Å². The van der Waals surface area contributed by atoms with Crippen LogP contribution in [-0.4, -0.2) is 40.5 Å². The summed E-state index contributed by atoms with van der Waals surface area (Å²) in [6.45, 7) is -0.211. The summed E-state index contributed by atoms with van der Waals surface area (Å²) in [5, 5.41) is 8.48. The second-order valence-corrected chi connectivity index (χ2v) is 9.67. The maximum Gasteiger partial charge on any atom is 0.435 e. The Morgan fingerprint density at radius 3 is 1.98 bits per heavy atom. The summed E-state index contributed by atoms with van der Waals surface area (Å²) in [5.74, 6) is -3.09. The number of ketones is 1. The molecule has 0 radical (unpaired) electrons. The van der Waals surface area contributed by atoms with Crippen LogP contribution in [0.4, 0.5) is 26.3 Å². The van der Waals surface area contributed by atoms with Gasteiger partial charge in [-0.25, -0.2) is 4.68 Å². The Morgan fingerprint density at radius 1 is 0.756 bits per heavy atom. The zero-order valence-corrected chi connectivity index (χ0v) is 21.6. The maximum absolute atomic E-state index is 13.5. The van der Waals surface area contributed by atoms with Gasteiger partial charge in [-0.1, -0.05) is 36.4 Å². The van der Waals surface area contributed by atoms with Gasteiger partial charge in [0.2, 0.25) is 5.91 Å². The SMILES string of the molecule is O=C(NCCNC(=O)[C@H]1CC[C@H](C(=O)c2ccccc2C(F)(F)F)CC1)c1cn(-c2ccccc2)nc1C(F)(F)F. The van der Waals surface area contributed by atoms with E-state index in [1.807, 2.05) is 0 Å². The molecule has 1 aliphatic rings. The molecule has 0 bridgehead atoms. The smallest absolute Gasteiger partial charge is 0.354 e. The molecule has 0 saturated heterocycles. The van der Waals surface area contributed by atoms with E-state index in [-0.39, 0.29) is 50.2 Å². The van der Waals surface area contributed by atoms with Crippen LogP contribution in [0.2, 0.25) is 0 Å². The highest BCUT2D eigenvalue weighted by Gasteiger charge is 2.40. The molecule has 4 rings (SSSR count). The van der Waals surface area contributed by atoms with E-state index in [0.29, 0.717) is 5.69 Å². The van der Waals surface area contributed by atoms with Gasteiger partial charge >= 0.3 is 12.4 Å². The molecule has 218 valence electrons. The first-order valence-electron chi connectivity index (χ1n) is 12.8. The molecule has 1 saturated carbocycles. The number of carbonyl (C=O) groups excluding carboxylic acids is 3. The van der Waals surface area contributed by atoms with Gasteiger partial charge in [-0.15, -0.1) is 0 Å². The fraction of sp³-hybridized carbons (Fsp3) is 0.357. The first-order valence-corrected chi connectivity index (χ1v) is 12.8. The van der Waals surface area contributed by atoms with Gasteiger partial charge in [-0.2, -0.15) is 31.4 Å². The number of para-hydroxylation sites is 1. The average Bonchev–Trinajstić information content (AvgIpc) is 3.42. The Morgan fingerprint density at radius 2 is 1.34 bits per heavy atom. The zero-order valence-electron chi connectivity index (χ0n) is 21.6. The van der Waals surface area contributed by atoms with Crippen molar-refractivity contribution in [3.63, 3.8) is 0 Å². The van der Waals surface area contributed by atoms with Gasteiger partial charge in [0.15, 0.2) is 11.5 Å². The second-order valence-electron chi connectivity index (χ2n) is 9.67. The molecular formula is C28H26F6N4O3. The summed E-state index contributed by atoms with van der Waals surface area (Å²) in [6, 6.07) is 12.6. The van der Waals surface area contributed by atoms with Gasteiger partial charge in [0.25, 0.3) is 5.91 Å². The van der Waals surface area contributed by atoms with Crippen LogP contribution in [-0.2, 0) is 17.1 Å². The van der Waals surface area contributed by atoms with Crippen LogP contribution < -0.4 is 10.6 Å². The number of benzene rings is 2. The lowest BCUT2D eigenvalue weighted by Gasteiger charge is -2.27.